The van der Waals surface area contributed by atoms with E-state index in [-0.39, 0.29) is 0 Å². The van der Waals surface area contributed by atoms with Gasteiger partial charge in [0.1, 0.15) is 6.33 Å². The fourth-order valence-electron chi connectivity index (χ4n) is 2.74. The van der Waals surface area contributed by atoms with E-state index in [9.17, 15) is 0 Å². The van der Waals surface area contributed by atoms with Crippen LogP contribution in [0.25, 0.3) is 0 Å². The summed E-state index contributed by atoms with van der Waals surface area (Å²) in [5.41, 5.74) is 0. The molecule has 1 N–H and O–H groups in total. The Labute approximate surface area is 110 Å². The first-order valence-electron chi connectivity index (χ1n) is 7.32. The number of aromatic nitrogens is 3. The molecular weight excluding hydrogens is 224 g/mol. The molecule has 18 heavy (non-hydrogen) atoms. The predicted octanol–water partition coefficient (Wildman–Crippen LogP) is 2.92. The lowest BCUT2D eigenvalue weighted by atomic mass is 9.84. The van der Waals surface area contributed by atoms with Gasteiger partial charge in [-0.2, -0.15) is 5.10 Å². The van der Waals surface area contributed by atoms with Gasteiger partial charge in [0.05, 0.1) is 12.6 Å². The first-order chi connectivity index (χ1) is 8.69. The van der Waals surface area contributed by atoms with E-state index in [1.165, 1.54) is 32.1 Å². The minimum atomic E-state index is 0.483. The summed E-state index contributed by atoms with van der Waals surface area (Å²) in [5.74, 6) is 1.80. The molecule has 1 aromatic rings. The maximum absolute atomic E-state index is 4.62. The molecule has 0 amide bonds. The van der Waals surface area contributed by atoms with Crippen LogP contribution >= 0.6 is 0 Å². The molecule has 2 atom stereocenters. The van der Waals surface area contributed by atoms with E-state index in [0.29, 0.717) is 12.1 Å². The molecule has 0 bridgehead atoms. The van der Waals surface area contributed by atoms with Gasteiger partial charge >= 0.3 is 0 Å². The van der Waals surface area contributed by atoms with Crippen molar-refractivity contribution in [3.05, 3.63) is 12.2 Å². The first kappa shape index (κ1) is 13.5. The summed E-state index contributed by atoms with van der Waals surface area (Å²) in [5, 5.41) is 7.98. The van der Waals surface area contributed by atoms with Crippen LogP contribution in [0.3, 0.4) is 0 Å². The highest BCUT2D eigenvalue weighted by molar-refractivity contribution is 4.85. The lowest BCUT2D eigenvalue weighted by Crippen LogP contribution is -2.23. The largest absolute Gasteiger partial charge is 0.308 e. The number of hydrogen-bond donors (Lipinski definition) is 1. The standard InChI is InChI=1S/C14H26N4/c1-4-12-6-5-7-13(8-12)18-10-16-14(17-18)9-15-11(2)3/h10-13,15H,4-9H2,1-3H3. The topological polar surface area (TPSA) is 42.7 Å². The summed E-state index contributed by atoms with van der Waals surface area (Å²) in [7, 11) is 0. The predicted molar refractivity (Wildman–Crippen MR) is 73.3 cm³/mol. The highest BCUT2D eigenvalue weighted by atomic mass is 15.3. The second kappa shape index (κ2) is 6.32. The molecule has 4 nitrogen and oxygen atoms in total. The van der Waals surface area contributed by atoms with Crippen LogP contribution in [0.5, 0.6) is 0 Å². The third-order valence-electron chi connectivity index (χ3n) is 3.93. The van der Waals surface area contributed by atoms with E-state index in [4.69, 9.17) is 0 Å². The Hall–Kier alpha value is -0.900. The normalized spacial score (nSPS) is 24.7. The fraction of sp³-hybridized carbons (Fsp3) is 0.857. The Morgan fingerprint density at radius 1 is 1.44 bits per heavy atom. The van der Waals surface area contributed by atoms with Crippen LogP contribution in [0, 0.1) is 5.92 Å². The van der Waals surface area contributed by atoms with Crippen molar-refractivity contribution >= 4 is 0 Å². The van der Waals surface area contributed by atoms with Gasteiger partial charge in [0.2, 0.25) is 0 Å². The van der Waals surface area contributed by atoms with Crippen LogP contribution in [-0.4, -0.2) is 20.8 Å². The first-order valence-corrected chi connectivity index (χ1v) is 7.32. The Balaban J connectivity index is 1.92. The van der Waals surface area contributed by atoms with Gasteiger partial charge in [0.15, 0.2) is 5.82 Å². The number of rotatable bonds is 5. The van der Waals surface area contributed by atoms with Gasteiger partial charge in [-0.25, -0.2) is 9.67 Å². The lowest BCUT2D eigenvalue weighted by molar-refractivity contribution is 0.246. The average molecular weight is 250 g/mol. The molecule has 0 aromatic carbocycles. The highest BCUT2D eigenvalue weighted by Gasteiger charge is 2.22. The molecule has 2 rings (SSSR count). The van der Waals surface area contributed by atoms with E-state index in [1.54, 1.807) is 0 Å². The van der Waals surface area contributed by atoms with E-state index >= 15 is 0 Å². The zero-order chi connectivity index (χ0) is 13.0. The monoisotopic (exact) mass is 250 g/mol. The summed E-state index contributed by atoms with van der Waals surface area (Å²) >= 11 is 0. The van der Waals surface area contributed by atoms with Crippen molar-refractivity contribution < 1.29 is 0 Å². The smallest absolute Gasteiger partial charge is 0.164 e. The van der Waals surface area contributed by atoms with Crippen LogP contribution in [0.2, 0.25) is 0 Å². The van der Waals surface area contributed by atoms with Crippen LogP contribution in [0.15, 0.2) is 6.33 Å². The van der Waals surface area contributed by atoms with Gasteiger partial charge in [-0.1, -0.05) is 40.0 Å². The summed E-state index contributed by atoms with van der Waals surface area (Å²) < 4.78 is 2.10. The van der Waals surface area contributed by atoms with Gasteiger partial charge in [-0.15, -0.1) is 0 Å². The summed E-state index contributed by atoms with van der Waals surface area (Å²) in [6.07, 6.45) is 8.48. The summed E-state index contributed by atoms with van der Waals surface area (Å²) in [6.45, 7) is 7.36. The van der Waals surface area contributed by atoms with Crippen LogP contribution in [0.4, 0.5) is 0 Å². The second-order valence-electron chi connectivity index (χ2n) is 5.77. The fourth-order valence-corrected chi connectivity index (χ4v) is 2.74. The van der Waals surface area contributed by atoms with E-state index in [2.05, 4.69) is 40.9 Å². The van der Waals surface area contributed by atoms with Gasteiger partial charge in [-0.05, 0) is 18.8 Å². The Bertz CT molecular complexity index is 358. The summed E-state index contributed by atoms with van der Waals surface area (Å²) in [4.78, 5) is 4.40. The maximum Gasteiger partial charge on any atom is 0.164 e. The van der Waals surface area contributed by atoms with Gasteiger partial charge in [0, 0.05) is 6.04 Å². The number of nitrogens with one attached hydrogen (secondary N) is 1. The van der Waals surface area contributed by atoms with E-state index < -0.39 is 0 Å². The molecule has 102 valence electrons. The van der Waals surface area contributed by atoms with Crippen LogP contribution < -0.4 is 5.32 Å². The maximum atomic E-state index is 4.62. The molecule has 1 saturated carbocycles. The third-order valence-corrected chi connectivity index (χ3v) is 3.93. The van der Waals surface area contributed by atoms with Crippen molar-refractivity contribution in [3.63, 3.8) is 0 Å². The minimum Gasteiger partial charge on any atom is -0.308 e. The Kier molecular flexibility index (Phi) is 4.75. The number of hydrogen-bond acceptors (Lipinski definition) is 3. The third kappa shape index (κ3) is 3.55. The van der Waals surface area contributed by atoms with Crippen LogP contribution in [-0.2, 0) is 6.54 Å². The van der Waals surface area contributed by atoms with E-state index in [1.807, 2.05) is 6.33 Å². The van der Waals surface area contributed by atoms with Gasteiger partial charge in [-0.3, -0.25) is 0 Å². The van der Waals surface area contributed by atoms with Crippen molar-refractivity contribution in [2.45, 2.75) is 71.5 Å². The molecule has 4 heteroatoms. The molecule has 0 radical (unpaired) electrons. The molecule has 2 unspecified atom stereocenters. The Morgan fingerprint density at radius 3 is 3.00 bits per heavy atom. The Morgan fingerprint density at radius 2 is 2.28 bits per heavy atom. The van der Waals surface area contributed by atoms with Crippen molar-refractivity contribution in [1.29, 1.82) is 0 Å². The molecule has 0 spiro atoms. The molecule has 0 saturated heterocycles. The van der Waals surface area contributed by atoms with Crippen molar-refractivity contribution in [1.82, 2.24) is 20.1 Å². The molecular formula is C14H26N4. The summed E-state index contributed by atoms with van der Waals surface area (Å²) in [6, 6.07) is 1.06. The molecule has 1 aliphatic rings. The van der Waals surface area contributed by atoms with Crippen molar-refractivity contribution in [2.24, 2.45) is 5.92 Å². The number of nitrogens with zero attached hydrogens (tertiary/aromatic N) is 3. The van der Waals surface area contributed by atoms with Gasteiger partial charge in [0.25, 0.3) is 0 Å². The van der Waals surface area contributed by atoms with Crippen LogP contribution in [0.1, 0.15) is 64.7 Å². The molecule has 0 aliphatic heterocycles. The highest BCUT2D eigenvalue weighted by Crippen LogP contribution is 2.33. The van der Waals surface area contributed by atoms with Gasteiger partial charge < -0.3 is 5.32 Å². The minimum absolute atomic E-state index is 0.483. The average Bonchev–Trinajstić information content (AvgIpc) is 2.85. The zero-order valence-electron chi connectivity index (χ0n) is 11.9. The lowest BCUT2D eigenvalue weighted by Gasteiger charge is -2.28. The molecule has 1 aliphatic carbocycles. The van der Waals surface area contributed by atoms with Crippen molar-refractivity contribution in [2.75, 3.05) is 0 Å². The second-order valence-corrected chi connectivity index (χ2v) is 5.77. The quantitative estimate of drug-likeness (QED) is 0.873. The SMILES string of the molecule is CCC1CCCC(n2cnc(CNC(C)C)n2)C1. The van der Waals surface area contributed by atoms with Crippen molar-refractivity contribution in [3.8, 4) is 0 Å². The zero-order valence-corrected chi connectivity index (χ0v) is 11.9. The molecule has 1 aromatic heterocycles. The van der Waals surface area contributed by atoms with E-state index in [0.717, 1.165) is 18.3 Å². The molecule has 1 fully saturated rings. The molecule has 1 heterocycles.